The molecule has 0 N–H and O–H groups in total. The van der Waals surface area contributed by atoms with Gasteiger partial charge in [0.05, 0.1) is 0 Å². The second-order valence-corrected chi connectivity index (χ2v) is 1.15. The van der Waals surface area contributed by atoms with E-state index >= 15 is 0 Å². The van der Waals surface area contributed by atoms with E-state index in [1.807, 2.05) is 0 Å². The summed E-state index contributed by atoms with van der Waals surface area (Å²) in [6, 6.07) is 0. The van der Waals surface area contributed by atoms with Crippen molar-refractivity contribution in [2.75, 3.05) is 0 Å². The Labute approximate surface area is 39.5 Å². The molecule has 1 aliphatic carbocycles. The lowest BCUT2D eigenvalue weighted by molar-refractivity contribution is -0.114. The van der Waals surface area contributed by atoms with Crippen LogP contribution in [0.4, 0.5) is 0 Å². The molecule has 1 heteroatoms. The zero-order chi connectivity index (χ0) is 6.20. The third kappa shape index (κ3) is 0.482. The third-order valence-corrected chi connectivity index (χ3v) is 0.663. The summed E-state index contributed by atoms with van der Waals surface area (Å²) in [5, 5.41) is 0. The molecule has 0 fully saturated rings. The number of rotatable bonds is 0. The highest BCUT2D eigenvalue weighted by Crippen LogP contribution is 2.01. The monoisotopic (exact) mass is 84.1 g/mol. The van der Waals surface area contributed by atoms with Gasteiger partial charge in [-0.3, -0.25) is 4.79 Å². The second-order valence-electron chi connectivity index (χ2n) is 1.15. The molecule has 1 aliphatic rings. The minimum atomic E-state index is -1.60. The standard InChI is InChI=1S/C5H6O/c6-5-3-1-2-4-5/h1,3H,2,4H2/i4D2. The summed E-state index contributed by atoms with van der Waals surface area (Å²) in [7, 11) is 0. The number of hydrogen-bond acceptors (Lipinski definition) is 1. The molecule has 0 spiro atoms. The second kappa shape index (κ2) is 1.25. The van der Waals surface area contributed by atoms with Crippen molar-refractivity contribution in [3.63, 3.8) is 0 Å². The molecule has 6 heavy (non-hydrogen) atoms. The molecule has 1 nitrogen and oxygen atoms in total. The molecule has 0 aliphatic heterocycles. The molecule has 1 rings (SSSR count). The molecule has 0 saturated heterocycles. The average Bonchev–Trinajstić information content (AvgIpc) is 1.86. The Bertz CT molecular complexity index is 149. The van der Waals surface area contributed by atoms with E-state index in [0.717, 1.165) is 0 Å². The minimum absolute atomic E-state index is 0.242. The van der Waals surface area contributed by atoms with Gasteiger partial charge >= 0.3 is 0 Å². The van der Waals surface area contributed by atoms with Crippen molar-refractivity contribution in [1.82, 2.24) is 0 Å². The van der Waals surface area contributed by atoms with Crippen LogP contribution in [-0.4, -0.2) is 5.78 Å². The van der Waals surface area contributed by atoms with E-state index in [-0.39, 0.29) is 6.42 Å². The summed E-state index contributed by atoms with van der Waals surface area (Å²) in [5.41, 5.74) is 0. The summed E-state index contributed by atoms with van der Waals surface area (Å²) in [5.74, 6) is -0.405. The van der Waals surface area contributed by atoms with Crippen molar-refractivity contribution in [3.8, 4) is 0 Å². The first kappa shape index (κ1) is 1.92. The van der Waals surface area contributed by atoms with Crippen LogP contribution in [0.25, 0.3) is 0 Å². The van der Waals surface area contributed by atoms with Crippen molar-refractivity contribution in [3.05, 3.63) is 12.2 Å². The molecule has 0 saturated carbocycles. The maximum Gasteiger partial charge on any atom is 0.155 e. The van der Waals surface area contributed by atoms with Gasteiger partial charge in [-0.05, 0) is 12.5 Å². The number of allylic oxidation sites excluding steroid dienone is 2. The summed E-state index contributed by atoms with van der Waals surface area (Å²) < 4.78 is 13.9. The van der Waals surface area contributed by atoms with E-state index in [1.165, 1.54) is 6.08 Å². The lowest BCUT2D eigenvalue weighted by Gasteiger charge is -1.71. The lowest BCUT2D eigenvalue weighted by atomic mass is 10.3. The third-order valence-electron chi connectivity index (χ3n) is 0.663. The number of carbonyl (C=O) groups excluding carboxylic acids is 1. The fourth-order valence-electron chi connectivity index (χ4n) is 0.384. The maximum absolute atomic E-state index is 10.4. The van der Waals surface area contributed by atoms with Gasteiger partial charge < -0.3 is 0 Å². The van der Waals surface area contributed by atoms with Gasteiger partial charge in [0.25, 0.3) is 0 Å². The first-order valence-corrected chi connectivity index (χ1v) is 1.84. The summed E-state index contributed by atoms with van der Waals surface area (Å²) >= 11 is 0. The molecular formula is C5H6O. The lowest BCUT2D eigenvalue weighted by Crippen LogP contribution is -1.80. The number of hydrogen-bond donors (Lipinski definition) is 0. The van der Waals surface area contributed by atoms with E-state index in [4.69, 9.17) is 2.74 Å². The molecule has 0 aromatic carbocycles. The predicted molar refractivity (Wildman–Crippen MR) is 23.4 cm³/mol. The molecule has 0 heterocycles. The van der Waals surface area contributed by atoms with Crippen LogP contribution in [0.5, 0.6) is 0 Å². The Kier molecular flexibility index (Phi) is 0.399. The first-order valence-electron chi connectivity index (χ1n) is 2.84. The summed E-state index contributed by atoms with van der Waals surface area (Å²) in [4.78, 5) is 10.4. The molecule has 0 radical (unpaired) electrons. The van der Waals surface area contributed by atoms with Gasteiger partial charge in [0, 0.05) is 9.11 Å². The van der Waals surface area contributed by atoms with Crippen LogP contribution in [-0.2, 0) is 4.79 Å². The Morgan fingerprint density at radius 2 is 2.83 bits per heavy atom. The van der Waals surface area contributed by atoms with Crippen LogP contribution in [0.1, 0.15) is 15.5 Å². The molecule has 0 aromatic heterocycles. The highest BCUT2D eigenvalue weighted by Gasteiger charge is 1.98. The largest absolute Gasteiger partial charge is 0.295 e. The van der Waals surface area contributed by atoms with E-state index in [0.29, 0.717) is 0 Å². The smallest absolute Gasteiger partial charge is 0.155 e. The van der Waals surface area contributed by atoms with E-state index in [1.54, 1.807) is 6.08 Å². The van der Waals surface area contributed by atoms with Gasteiger partial charge in [-0.2, -0.15) is 0 Å². The van der Waals surface area contributed by atoms with Crippen molar-refractivity contribution in [1.29, 1.82) is 0 Å². The zero-order valence-electron chi connectivity index (χ0n) is 5.27. The van der Waals surface area contributed by atoms with Crippen LogP contribution < -0.4 is 0 Å². The van der Waals surface area contributed by atoms with Crippen LogP contribution >= 0.6 is 0 Å². The summed E-state index contributed by atoms with van der Waals surface area (Å²) in [6.45, 7) is 0. The van der Waals surface area contributed by atoms with Crippen molar-refractivity contribution < 1.29 is 7.54 Å². The Balaban J connectivity index is 2.79. The van der Waals surface area contributed by atoms with Gasteiger partial charge in [-0.25, -0.2) is 0 Å². The molecule has 0 aromatic rings. The van der Waals surface area contributed by atoms with Crippen LogP contribution in [0, 0.1) is 0 Å². The van der Waals surface area contributed by atoms with Crippen LogP contribution in [0.3, 0.4) is 0 Å². The molecule has 0 unspecified atom stereocenters. The Morgan fingerprint density at radius 1 is 2.00 bits per heavy atom. The fraction of sp³-hybridized carbons (Fsp3) is 0.400. The van der Waals surface area contributed by atoms with E-state index in [9.17, 15) is 4.79 Å². The van der Waals surface area contributed by atoms with E-state index < -0.39 is 12.2 Å². The minimum Gasteiger partial charge on any atom is -0.295 e. The SMILES string of the molecule is [2H]C1([2H])CC=CC1=O. The number of carbonyl (C=O) groups is 1. The van der Waals surface area contributed by atoms with Crippen LogP contribution in [0.15, 0.2) is 12.2 Å². The molecule has 32 valence electrons. The van der Waals surface area contributed by atoms with Gasteiger partial charge in [0.2, 0.25) is 0 Å². The number of ketones is 1. The van der Waals surface area contributed by atoms with Crippen molar-refractivity contribution in [2.45, 2.75) is 12.8 Å². The summed E-state index contributed by atoms with van der Waals surface area (Å²) in [6.07, 6.45) is 1.49. The highest BCUT2D eigenvalue weighted by atomic mass is 16.1. The van der Waals surface area contributed by atoms with Gasteiger partial charge in [0.1, 0.15) is 0 Å². The molecule has 0 amide bonds. The first-order chi connectivity index (χ1) is 3.63. The average molecular weight is 84.1 g/mol. The zero-order valence-corrected chi connectivity index (χ0v) is 3.27. The fourth-order valence-corrected chi connectivity index (χ4v) is 0.384. The van der Waals surface area contributed by atoms with Gasteiger partial charge in [-0.15, -0.1) is 0 Å². The van der Waals surface area contributed by atoms with E-state index in [2.05, 4.69) is 0 Å². The predicted octanol–water partition coefficient (Wildman–Crippen LogP) is 0.905. The maximum atomic E-state index is 10.4. The Hall–Kier alpha value is -0.590. The van der Waals surface area contributed by atoms with Crippen molar-refractivity contribution >= 4 is 5.78 Å². The quantitative estimate of drug-likeness (QED) is 0.426. The van der Waals surface area contributed by atoms with Crippen LogP contribution in [0.2, 0.25) is 0 Å². The van der Waals surface area contributed by atoms with Gasteiger partial charge in [0.15, 0.2) is 5.78 Å². The normalized spacial score (nSPS) is 33.0. The van der Waals surface area contributed by atoms with Crippen molar-refractivity contribution in [2.24, 2.45) is 0 Å². The molecular weight excluding hydrogens is 76.1 g/mol. The molecule has 0 bridgehead atoms. The molecule has 0 atom stereocenters. The highest BCUT2D eigenvalue weighted by molar-refractivity contribution is 5.91. The topological polar surface area (TPSA) is 17.1 Å². The Morgan fingerprint density at radius 3 is 3.00 bits per heavy atom. The van der Waals surface area contributed by atoms with Gasteiger partial charge in [-0.1, -0.05) is 6.08 Å².